The van der Waals surface area contributed by atoms with Crippen molar-refractivity contribution < 1.29 is 0 Å². The van der Waals surface area contributed by atoms with Crippen molar-refractivity contribution in [1.82, 2.24) is 4.90 Å². The van der Waals surface area contributed by atoms with Gasteiger partial charge in [0.25, 0.3) is 0 Å². The van der Waals surface area contributed by atoms with Crippen LogP contribution >= 0.6 is 0 Å². The van der Waals surface area contributed by atoms with Crippen molar-refractivity contribution in [3.8, 4) is 0 Å². The smallest absolute Gasteiger partial charge is 0.0407 e. The molecule has 0 aromatic heterocycles. The van der Waals surface area contributed by atoms with E-state index in [4.69, 9.17) is 28.7 Å². The second-order valence-electron chi connectivity index (χ2n) is 14.9. The van der Waals surface area contributed by atoms with E-state index in [1.807, 2.05) is 55.0 Å². The van der Waals surface area contributed by atoms with Gasteiger partial charge in [0.15, 0.2) is 0 Å². The first kappa shape index (κ1) is 40.0. The maximum atomic E-state index is 6.08. The van der Waals surface area contributed by atoms with E-state index < -0.39 is 0 Å². The third kappa shape index (κ3) is 10.7. The number of nitrogens with zero attached hydrogens (tertiary/aromatic N) is 3. The zero-order valence-corrected chi connectivity index (χ0v) is 31.6. The maximum Gasteiger partial charge on any atom is 0.0407 e. The Balaban J connectivity index is 0.000000507. The van der Waals surface area contributed by atoms with Gasteiger partial charge < -0.3 is 38.5 Å². The fourth-order valence-corrected chi connectivity index (χ4v) is 9.10. The number of hydrogen-bond donors (Lipinski definition) is 5. The zero-order valence-electron chi connectivity index (χ0n) is 31.6. The molecular formula is C44H67N8. The maximum absolute atomic E-state index is 6.08. The van der Waals surface area contributed by atoms with Gasteiger partial charge in [-0.05, 0) is 98.2 Å². The lowest BCUT2D eigenvalue weighted by atomic mass is 9.74. The van der Waals surface area contributed by atoms with E-state index in [2.05, 4.69) is 57.2 Å². The van der Waals surface area contributed by atoms with Gasteiger partial charge in [0, 0.05) is 94.7 Å². The number of allylic oxidation sites excluding steroid dienone is 8. The molecule has 3 aliphatic carbocycles. The molecule has 1 radical (unpaired) electrons. The molecule has 6 rings (SSSR count). The Morgan fingerprint density at radius 2 is 1.27 bits per heavy atom. The summed E-state index contributed by atoms with van der Waals surface area (Å²) in [7, 11) is 0. The Morgan fingerprint density at radius 1 is 0.615 bits per heavy atom. The summed E-state index contributed by atoms with van der Waals surface area (Å²) in [4.78, 5) is 7.62. The van der Waals surface area contributed by atoms with E-state index in [1.165, 1.54) is 67.4 Å². The van der Waals surface area contributed by atoms with Crippen LogP contribution < -0.4 is 38.5 Å². The molecular weight excluding hydrogens is 641 g/mol. The van der Waals surface area contributed by atoms with Crippen molar-refractivity contribution in [2.75, 3.05) is 75.2 Å². The molecule has 8 heteroatoms. The van der Waals surface area contributed by atoms with Gasteiger partial charge in [0.1, 0.15) is 0 Å². The van der Waals surface area contributed by atoms with Gasteiger partial charge >= 0.3 is 0 Å². The highest BCUT2D eigenvalue weighted by Crippen LogP contribution is 2.52. The van der Waals surface area contributed by atoms with Crippen LogP contribution in [0.3, 0.4) is 0 Å². The first-order valence-corrected chi connectivity index (χ1v) is 20.1. The second-order valence-corrected chi connectivity index (χ2v) is 14.9. The largest absolute Gasteiger partial charge is 0.369 e. The summed E-state index contributed by atoms with van der Waals surface area (Å²) in [5, 5.41) is 0. The van der Waals surface area contributed by atoms with Crippen LogP contribution in [0, 0.1) is 6.42 Å². The Labute approximate surface area is 314 Å². The molecule has 1 aliphatic heterocycles. The molecule has 0 saturated heterocycles. The first-order valence-electron chi connectivity index (χ1n) is 20.1. The van der Waals surface area contributed by atoms with E-state index in [0.717, 1.165) is 45.7 Å². The fraction of sp³-hybridized carbons (Fsp3) is 0.523. The first-order chi connectivity index (χ1) is 25.6. The minimum absolute atomic E-state index is 0.534. The SMILES string of the molecule is NCCCN1c2cc(C3CCCC(N(CCN)CCN)C3)ccc2C2CCC(c3cccc(N(CCN)CCN)c3)CC21.[CH]1\C=C/C=C\C=C/C=C\1. The van der Waals surface area contributed by atoms with Gasteiger partial charge in [0.05, 0.1) is 0 Å². The van der Waals surface area contributed by atoms with Gasteiger partial charge in [-0.2, -0.15) is 0 Å². The molecule has 2 fully saturated rings. The van der Waals surface area contributed by atoms with Crippen LogP contribution in [0.1, 0.15) is 85.8 Å². The molecule has 5 unspecified atom stereocenters. The van der Waals surface area contributed by atoms with Crippen molar-refractivity contribution in [2.24, 2.45) is 28.7 Å². The predicted molar refractivity (Wildman–Crippen MR) is 223 cm³/mol. The lowest BCUT2D eigenvalue weighted by Gasteiger charge is -2.38. The van der Waals surface area contributed by atoms with Gasteiger partial charge in [-0.1, -0.05) is 79.3 Å². The molecule has 8 nitrogen and oxygen atoms in total. The molecule has 2 aromatic rings. The van der Waals surface area contributed by atoms with E-state index in [9.17, 15) is 0 Å². The Morgan fingerprint density at radius 3 is 1.94 bits per heavy atom. The van der Waals surface area contributed by atoms with E-state index in [1.54, 1.807) is 5.56 Å². The summed E-state index contributed by atoms with van der Waals surface area (Å²) in [5.74, 6) is 1.76. The number of hydrogen-bond acceptors (Lipinski definition) is 8. The highest BCUT2D eigenvalue weighted by molar-refractivity contribution is 5.64. The standard InChI is InChI=1S/C35H58N8.C9H9/c36-12-3-17-43-34-24-28(26-4-1-6-30(22-26)41(18-13-37)19-14-38)8-10-32(34)33-11-9-29(25-35(33)43)27-5-2-7-31(23-27)42(20-15-39)21-16-40;1-2-4-6-8-9-7-5-3-1/h1,4,6,9,11,22,25,27-28,31-32,34H,2-3,5,7-8,10,12-21,23-24,36-40H2;1-9H/b;2-1-,5-3-,6-4-,9-7-. The molecule has 0 spiro atoms. The number of fused-ring (bicyclic) bond motifs is 3. The van der Waals surface area contributed by atoms with Crippen LogP contribution in [0.2, 0.25) is 0 Å². The quantitative estimate of drug-likeness (QED) is 0.160. The Hall–Kier alpha value is -3.24. The predicted octanol–water partition coefficient (Wildman–Crippen LogP) is 5.67. The summed E-state index contributed by atoms with van der Waals surface area (Å²) in [6.45, 7) is 7.98. The molecule has 1 heterocycles. The van der Waals surface area contributed by atoms with Crippen LogP contribution in [0.25, 0.3) is 0 Å². The number of nitrogens with two attached hydrogens (primary N) is 5. The summed E-state index contributed by atoms with van der Waals surface area (Å²) in [6.07, 6.45) is 27.7. The minimum atomic E-state index is 0.534. The average molecular weight is 708 g/mol. The molecule has 5 atom stereocenters. The van der Waals surface area contributed by atoms with Gasteiger partial charge in [-0.3, -0.25) is 4.90 Å². The lowest BCUT2D eigenvalue weighted by molar-refractivity contribution is 0.154. The Kier molecular flexibility index (Phi) is 16.5. The summed E-state index contributed by atoms with van der Waals surface area (Å²) in [6, 6.07) is 17.8. The van der Waals surface area contributed by atoms with Crippen molar-refractivity contribution in [2.45, 2.75) is 81.2 Å². The molecule has 2 aromatic carbocycles. The van der Waals surface area contributed by atoms with Crippen molar-refractivity contribution in [3.05, 3.63) is 114 Å². The fourth-order valence-electron chi connectivity index (χ4n) is 9.10. The summed E-state index contributed by atoms with van der Waals surface area (Å²) in [5.41, 5.74) is 37.1. The molecule has 283 valence electrons. The van der Waals surface area contributed by atoms with Crippen LogP contribution in [0.4, 0.5) is 11.4 Å². The molecule has 0 bridgehead atoms. The topological polar surface area (TPSA) is 140 Å². The molecule has 4 aliphatic rings. The van der Waals surface area contributed by atoms with E-state index in [0.29, 0.717) is 56.0 Å². The molecule has 0 amide bonds. The number of rotatable bonds is 15. The lowest BCUT2D eigenvalue weighted by Crippen LogP contribution is -2.43. The molecule has 2 saturated carbocycles. The van der Waals surface area contributed by atoms with Crippen LogP contribution in [-0.4, -0.2) is 82.4 Å². The van der Waals surface area contributed by atoms with E-state index in [-0.39, 0.29) is 0 Å². The second kappa shape index (κ2) is 21.5. The van der Waals surface area contributed by atoms with Crippen LogP contribution in [0.5, 0.6) is 0 Å². The van der Waals surface area contributed by atoms with E-state index >= 15 is 0 Å². The minimum Gasteiger partial charge on any atom is -0.369 e. The average Bonchev–Trinajstić information content (AvgIpc) is 3.57. The monoisotopic (exact) mass is 708 g/mol. The van der Waals surface area contributed by atoms with Crippen molar-refractivity contribution in [3.63, 3.8) is 0 Å². The Bertz CT molecular complexity index is 1430. The highest BCUT2D eigenvalue weighted by atomic mass is 15.2. The highest BCUT2D eigenvalue weighted by Gasteiger charge is 2.43. The molecule has 52 heavy (non-hydrogen) atoms. The zero-order chi connectivity index (χ0) is 36.5. The summed E-state index contributed by atoms with van der Waals surface area (Å²) < 4.78 is 0. The third-order valence-electron chi connectivity index (χ3n) is 11.6. The van der Waals surface area contributed by atoms with Gasteiger partial charge in [-0.25, -0.2) is 0 Å². The number of anilines is 2. The van der Waals surface area contributed by atoms with Crippen molar-refractivity contribution >= 4 is 11.4 Å². The third-order valence-corrected chi connectivity index (χ3v) is 11.6. The summed E-state index contributed by atoms with van der Waals surface area (Å²) >= 11 is 0. The molecule has 10 N–H and O–H groups in total. The normalized spacial score (nSPS) is 26.2. The van der Waals surface area contributed by atoms with Crippen molar-refractivity contribution in [1.29, 1.82) is 0 Å². The van der Waals surface area contributed by atoms with Crippen LogP contribution in [-0.2, 0) is 0 Å². The van der Waals surface area contributed by atoms with Gasteiger partial charge in [-0.15, -0.1) is 0 Å². The van der Waals surface area contributed by atoms with Crippen LogP contribution in [0.15, 0.2) is 91.1 Å². The number of benzene rings is 2. The van der Waals surface area contributed by atoms with Gasteiger partial charge in [0.2, 0.25) is 0 Å².